The number of ether oxygens (including phenoxy) is 1. The molecule has 0 saturated carbocycles. The lowest BCUT2D eigenvalue weighted by Gasteiger charge is -2.32. The van der Waals surface area contributed by atoms with E-state index in [4.69, 9.17) is 4.74 Å². The van der Waals surface area contributed by atoms with Gasteiger partial charge in [-0.1, -0.05) is 42.5 Å². The molecule has 0 atom stereocenters. The Bertz CT molecular complexity index is 664. The van der Waals surface area contributed by atoms with Crippen LogP contribution in [-0.4, -0.2) is 30.5 Å². The largest absolute Gasteiger partial charge is 0.376 e. The molecule has 0 unspecified atom stereocenters. The average molecular weight is 341 g/mol. The molecule has 2 aromatic carbocycles. The maximum absolute atomic E-state index is 12.9. The van der Waals surface area contributed by atoms with Gasteiger partial charge in [0.05, 0.1) is 13.0 Å². The van der Waals surface area contributed by atoms with Crippen LogP contribution >= 0.6 is 0 Å². The Morgan fingerprint density at radius 3 is 2.36 bits per heavy atom. The summed E-state index contributed by atoms with van der Waals surface area (Å²) in [5.74, 6) is 0.362. The van der Waals surface area contributed by atoms with Gasteiger partial charge < -0.3 is 9.64 Å². The van der Waals surface area contributed by atoms with Crippen molar-refractivity contribution >= 4 is 5.91 Å². The van der Waals surface area contributed by atoms with Crippen molar-refractivity contribution in [3.8, 4) is 0 Å². The van der Waals surface area contributed by atoms with Crippen LogP contribution in [0, 0.1) is 11.7 Å². The smallest absolute Gasteiger partial charge is 0.226 e. The zero-order valence-electron chi connectivity index (χ0n) is 14.4. The van der Waals surface area contributed by atoms with Gasteiger partial charge in [0.1, 0.15) is 5.82 Å². The van der Waals surface area contributed by atoms with E-state index >= 15 is 0 Å². The van der Waals surface area contributed by atoms with Gasteiger partial charge >= 0.3 is 0 Å². The van der Waals surface area contributed by atoms with Gasteiger partial charge in [0, 0.05) is 19.7 Å². The maximum atomic E-state index is 12.9. The van der Waals surface area contributed by atoms with E-state index in [1.54, 1.807) is 12.1 Å². The fourth-order valence-corrected chi connectivity index (χ4v) is 3.16. The predicted octanol–water partition coefficient (Wildman–Crippen LogP) is 3.82. The first-order valence-electron chi connectivity index (χ1n) is 8.84. The minimum absolute atomic E-state index is 0.121. The molecule has 0 aliphatic carbocycles. The fourth-order valence-electron chi connectivity index (χ4n) is 3.16. The van der Waals surface area contributed by atoms with E-state index in [-0.39, 0.29) is 11.7 Å². The van der Waals surface area contributed by atoms with Crippen LogP contribution in [0.1, 0.15) is 24.0 Å². The molecule has 0 spiro atoms. The number of rotatable bonds is 6. The molecule has 25 heavy (non-hydrogen) atoms. The zero-order chi connectivity index (χ0) is 17.5. The molecule has 1 saturated heterocycles. The highest BCUT2D eigenvalue weighted by atomic mass is 19.1. The van der Waals surface area contributed by atoms with Crippen LogP contribution in [0.15, 0.2) is 54.6 Å². The number of likely N-dealkylation sites (tertiary alicyclic amines) is 1. The van der Waals surface area contributed by atoms with Crippen LogP contribution in [0.25, 0.3) is 0 Å². The first kappa shape index (κ1) is 17.6. The Morgan fingerprint density at radius 1 is 1.00 bits per heavy atom. The first-order valence-corrected chi connectivity index (χ1v) is 8.84. The first-order chi connectivity index (χ1) is 12.2. The Kier molecular flexibility index (Phi) is 6.18. The van der Waals surface area contributed by atoms with E-state index in [1.807, 2.05) is 23.1 Å². The molecule has 1 fully saturated rings. The Morgan fingerprint density at radius 2 is 1.68 bits per heavy atom. The Balaban J connectivity index is 1.37. The summed E-state index contributed by atoms with van der Waals surface area (Å²) < 4.78 is 18.7. The second-order valence-corrected chi connectivity index (χ2v) is 6.63. The van der Waals surface area contributed by atoms with Gasteiger partial charge in [-0.05, 0) is 42.0 Å². The van der Waals surface area contributed by atoms with Crippen molar-refractivity contribution in [2.45, 2.75) is 25.9 Å². The summed E-state index contributed by atoms with van der Waals surface area (Å²) in [5.41, 5.74) is 2.05. The van der Waals surface area contributed by atoms with E-state index in [0.717, 1.165) is 38.1 Å². The van der Waals surface area contributed by atoms with Crippen molar-refractivity contribution in [2.24, 2.45) is 5.92 Å². The molecule has 2 aromatic rings. The molecule has 0 radical (unpaired) electrons. The molecule has 1 heterocycles. The minimum atomic E-state index is -0.271. The lowest BCUT2D eigenvalue weighted by Crippen LogP contribution is -2.40. The standard InChI is InChI=1S/C21H24FNO2/c22-20-8-6-17(7-9-20)14-21(24)23-12-10-19(11-13-23)16-25-15-18-4-2-1-3-5-18/h1-9,19H,10-16H2. The van der Waals surface area contributed by atoms with E-state index in [1.165, 1.54) is 17.7 Å². The Hall–Kier alpha value is -2.20. The molecule has 3 nitrogen and oxygen atoms in total. The van der Waals surface area contributed by atoms with Crippen LogP contribution in [0.3, 0.4) is 0 Å². The molecule has 1 aliphatic rings. The normalized spacial score (nSPS) is 15.3. The number of nitrogens with zero attached hydrogens (tertiary/aromatic N) is 1. The topological polar surface area (TPSA) is 29.5 Å². The zero-order valence-corrected chi connectivity index (χ0v) is 14.4. The van der Waals surface area contributed by atoms with E-state index < -0.39 is 0 Å². The van der Waals surface area contributed by atoms with Crippen molar-refractivity contribution in [3.05, 3.63) is 71.5 Å². The van der Waals surface area contributed by atoms with Gasteiger partial charge in [0.25, 0.3) is 0 Å². The summed E-state index contributed by atoms with van der Waals surface area (Å²) >= 11 is 0. The molecule has 3 rings (SSSR count). The van der Waals surface area contributed by atoms with Crippen molar-refractivity contribution in [3.63, 3.8) is 0 Å². The van der Waals surface area contributed by atoms with Gasteiger partial charge in [-0.3, -0.25) is 4.79 Å². The fraction of sp³-hybridized carbons (Fsp3) is 0.381. The number of amides is 1. The number of piperidine rings is 1. The molecular weight excluding hydrogens is 317 g/mol. The third-order valence-electron chi connectivity index (χ3n) is 4.70. The molecule has 1 amide bonds. The number of carbonyl (C=O) groups is 1. The van der Waals surface area contributed by atoms with E-state index in [2.05, 4.69) is 12.1 Å². The second kappa shape index (κ2) is 8.77. The molecule has 0 N–H and O–H groups in total. The summed E-state index contributed by atoms with van der Waals surface area (Å²) in [6.45, 7) is 2.94. The Labute approximate surface area is 148 Å². The van der Waals surface area contributed by atoms with Crippen molar-refractivity contribution in [1.29, 1.82) is 0 Å². The third kappa shape index (κ3) is 5.40. The number of carbonyl (C=O) groups excluding carboxylic acids is 1. The monoisotopic (exact) mass is 341 g/mol. The number of halogens is 1. The highest BCUT2D eigenvalue weighted by molar-refractivity contribution is 5.78. The molecular formula is C21H24FNO2. The lowest BCUT2D eigenvalue weighted by atomic mass is 9.97. The van der Waals surface area contributed by atoms with Crippen molar-refractivity contribution < 1.29 is 13.9 Å². The minimum Gasteiger partial charge on any atom is -0.376 e. The van der Waals surface area contributed by atoms with Gasteiger partial charge in [-0.2, -0.15) is 0 Å². The lowest BCUT2D eigenvalue weighted by molar-refractivity contribution is -0.132. The van der Waals surface area contributed by atoms with Crippen LogP contribution in [0.2, 0.25) is 0 Å². The van der Waals surface area contributed by atoms with E-state index in [9.17, 15) is 9.18 Å². The van der Waals surface area contributed by atoms with Gasteiger partial charge in [0.2, 0.25) is 5.91 Å². The predicted molar refractivity (Wildman–Crippen MR) is 95.5 cm³/mol. The summed E-state index contributed by atoms with van der Waals surface area (Å²) in [4.78, 5) is 14.3. The molecule has 4 heteroatoms. The highest BCUT2D eigenvalue weighted by Crippen LogP contribution is 2.19. The van der Waals surface area contributed by atoms with Crippen LogP contribution in [0.5, 0.6) is 0 Å². The van der Waals surface area contributed by atoms with Gasteiger partial charge in [-0.25, -0.2) is 4.39 Å². The van der Waals surface area contributed by atoms with Crippen LogP contribution in [0.4, 0.5) is 4.39 Å². The summed E-state index contributed by atoms with van der Waals surface area (Å²) in [6, 6.07) is 16.3. The van der Waals surface area contributed by atoms with Crippen molar-refractivity contribution in [2.75, 3.05) is 19.7 Å². The SMILES string of the molecule is O=C(Cc1ccc(F)cc1)N1CCC(COCc2ccccc2)CC1. The molecule has 132 valence electrons. The van der Waals surface area contributed by atoms with Crippen LogP contribution < -0.4 is 0 Å². The second-order valence-electron chi connectivity index (χ2n) is 6.63. The van der Waals surface area contributed by atoms with Crippen molar-refractivity contribution in [1.82, 2.24) is 4.90 Å². The number of hydrogen-bond donors (Lipinski definition) is 0. The highest BCUT2D eigenvalue weighted by Gasteiger charge is 2.22. The summed E-state index contributed by atoms with van der Waals surface area (Å²) in [7, 11) is 0. The van der Waals surface area contributed by atoms with E-state index in [0.29, 0.717) is 18.9 Å². The average Bonchev–Trinajstić information content (AvgIpc) is 2.65. The summed E-state index contributed by atoms with van der Waals surface area (Å²) in [5, 5.41) is 0. The third-order valence-corrected chi connectivity index (χ3v) is 4.70. The number of benzene rings is 2. The molecule has 0 bridgehead atoms. The molecule has 0 aromatic heterocycles. The van der Waals surface area contributed by atoms with Crippen LogP contribution in [-0.2, 0) is 22.6 Å². The summed E-state index contributed by atoms with van der Waals surface area (Å²) in [6.07, 6.45) is 2.29. The van der Waals surface area contributed by atoms with Gasteiger partial charge in [-0.15, -0.1) is 0 Å². The number of hydrogen-bond acceptors (Lipinski definition) is 2. The molecule has 1 aliphatic heterocycles. The maximum Gasteiger partial charge on any atom is 0.226 e. The quantitative estimate of drug-likeness (QED) is 0.799. The van der Waals surface area contributed by atoms with Gasteiger partial charge in [0.15, 0.2) is 0 Å².